The van der Waals surface area contributed by atoms with Gasteiger partial charge in [-0.1, -0.05) is 26.0 Å². The molecule has 0 bridgehead atoms. The zero-order chi connectivity index (χ0) is 21.6. The van der Waals surface area contributed by atoms with Crippen molar-refractivity contribution >= 4 is 23.2 Å². The number of piperidine rings is 1. The smallest absolute Gasteiger partial charge is 0.309 e. The highest BCUT2D eigenvalue weighted by atomic mass is 16.5. The molecule has 2 aromatic rings. The fourth-order valence-electron chi connectivity index (χ4n) is 3.44. The predicted molar refractivity (Wildman–Crippen MR) is 120 cm³/mol. The summed E-state index contributed by atoms with van der Waals surface area (Å²) in [4.78, 5) is 20.1. The summed E-state index contributed by atoms with van der Waals surface area (Å²) in [5.74, 6) is 1.79. The molecule has 1 aliphatic carbocycles. The summed E-state index contributed by atoms with van der Waals surface area (Å²) in [6, 6.07) is 10.0. The number of rotatable bonds is 5. The first-order valence-corrected chi connectivity index (χ1v) is 10.7. The average Bonchev–Trinajstić information content (AvgIpc) is 3.38. The Morgan fingerprint density at radius 3 is 2.60 bits per heavy atom. The van der Waals surface area contributed by atoms with Crippen molar-refractivity contribution in [3.63, 3.8) is 0 Å². The van der Waals surface area contributed by atoms with Crippen LogP contribution in [0.25, 0.3) is 5.57 Å². The van der Waals surface area contributed by atoms with Crippen LogP contribution in [0.2, 0.25) is 0 Å². The lowest BCUT2D eigenvalue weighted by Crippen LogP contribution is -2.32. The van der Waals surface area contributed by atoms with E-state index in [1.807, 2.05) is 38.1 Å². The van der Waals surface area contributed by atoms with E-state index in [9.17, 15) is 4.79 Å². The molecule has 1 saturated heterocycles. The van der Waals surface area contributed by atoms with Crippen molar-refractivity contribution in [2.75, 3.05) is 25.0 Å². The number of allylic oxidation sites excluding steroid dienone is 2. The van der Waals surface area contributed by atoms with Gasteiger partial charge in [0.15, 0.2) is 0 Å². The maximum Gasteiger partial charge on any atom is 0.309 e. The van der Waals surface area contributed by atoms with Gasteiger partial charge in [0.05, 0.1) is 18.2 Å². The third kappa shape index (κ3) is 6.13. The van der Waals surface area contributed by atoms with Crippen LogP contribution in [-0.4, -0.2) is 35.6 Å². The van der Waals surface area contributed by atoms with E-state index in [4.69, 9.17) is 4.74 Å². The molecule has 0 unspecified atom stereocenters. The van der Waals surface area contributed by atoms with Gasteiger partial charge in [-0.05, 0) is 75.2 Å². The Morgan fingerprint density at radius 1 is 1.23 bits per heavy atom. The summed E-state index contributed by atoms with van der Waals surface area (Å²) in [5, 5.41) is 6.45. The molecule has 0 aromatic carbocycles. The summed E-state index contributed by atoms with van der Waals surface area (Å²) in [5.41, 5.74) is 3.74. The molecule has 0 radical (unpaired) electrons. The van der Waals surface area contributed by atoms with Gasteiger partial charge < -0.3 is 15.4 Å². The lowest BCUT2D eigenvalue weighted by Gasteiger charge is -2.20. The third-order valence-electron chi connectivity index (χ3n) is 5.27. The van der Waals surface area contributed by atoms with Crippen LogP contribution in [0.5, 0.6) is 0 Å². The van der Waals surface area contributed by atoms with Gasteiger partial charge in [-0.25, -0.2) is 9.97 Å². The van der Waals surface area contributed by atoms with Crippen LogP contribution in [0.1, 0.15) is 44.9 Å². The Balaban J connectivity index is 0.000000199. The van der Waals surface area contributed by atoms with Gasteiger partial charge in [-0.15, -0.1) is 0 Å². The van der Waals surface area contributed by atoms with Gasteiger partial charge in [0.1, 0.15) is 11.6 Å². The number of carbonyl (C=O) groups is 1. The van der Waals surface area contributed by atoms with Crippen molar-refractivity contribution in [3.8, 4) is 0 Å². The third-order valence-corrected chi connectivity index (χ3v) is 5.27. The number of aryl methyl sites for hydroxylation is 1. The number of hydrogen-bond donors (Lipinski definition) is 2. The van der Waals surface area contributed by atoms with Crippen molar-refractivity contribution in [2.45, 2.75) is 40.5 Å². The zero-order valence-corrected chi connectivity index (χ0v) is 18.4. The maximum absolute atomic E-state index is 11.1. The molecule has 2 N–H and O–H groups in total. The topological polar surface area (TPSA) is 76.1 Å². The molecule has 2 aromatic heterocycles. The van der Waals surface area contributed by atoms with Gasteiger partial charge in [0, 0.05) is 11.6 Å². The second-order valence-corrected chi connectivity index (χ2v) is 8.31. The lowest BCUT2D eigenvalue weighted by atomic mass is 9.99. The number of nitrogens with one attached hydrogen (secondary N) is 2. The molecule has 6 nitrogen and oxygen atoms in total. The Labute approximate surface area is 179 Å². The molecule has 0 amide bonds. The first-order chi connectivity index (χ1) is 14.4. The number of anilines is 2. The van der Waals surface area contributed by atoms with Crippen LogP contribution in [0.15, 0.2) is 42.6 Å². The van der Waals surface area contributed by atoms with E-state index < -0.39 is 0 Å². The van der Waals surface area contributed by atoms with E-state index in [0.29, 0.717) is 6.61 Å². The zero-order valence-electron chi connectivity index (χ0n) is 18.4. The summed E-state index contributed by atoms with van der Waals surface area (Å²) in [6.07, 6.45) is 5.90. The van der Waals surface area contributed by atoms with Crippen LogP contribution in [0.3, 0.4) is 0 Å². The van der Waals surface area contributed by atoms with Crippen molar-refractivity contribution in [2.24, 2.45) is 11.3 Å². The minimum absolute atomic E-state index is 0.0194. The van der Waals surface area contributed by atoms with Crippen molar-refractivity contribution in [3.05, 3.63) is 53.9 Å². The lowest BCUT2D eigenvalue weighted by molar-refractivity contribution is -0.148. The van der Waals surface area contributed by atoms with Crippen molar-refractivity contribution < 1.29 is 9.53 Å². The van der Waals surface area contributed by atoms with Crippen LogP contribution in [0.4, 0.5) is 11.6 Å². The summed E-state index contributed by atoms with van der Waals surface area (Å²) >= 11 is 0. The Kier molecular flexibility index (Phi) is 7.21. The molecule has 2 aliphatic rings. The van der Waals surface area contributed by atoms with Gasteiger partial charge in [0.25, 0.3) is 0 Å². The highest BCUT2D eigenvalue weighted by molar-refractivity contribution is 5.82. The van der Waals surface area contributed by atoms with Crippen molar-refractivity contribution in [1.29, 1.82) is 0 Å². The van der Waals surface area contributed by atoms with E-state index in [-0.39, 0.29) is 17.3 Å². The molecule has 0 spiro atoms. The largest absolute Gasteiger partial charge is 0.466 e. The van der Waals surface area contributed by atoms with Crippen LogP contribution in [-0.2, 0) is 9.53 Å². The maximum atomic E-state index is 11.1. The molecule has 4 rings (SSSR count). The highest BCUT2D eigenvalue weighted by Gasteiger charge is 2.35. The van der Waals surface area contributed by atoms with E-state index >= 15 is 0 Å². The minimum atomic E-state index is -0.0194. The Bertz CT molecular complexity index is 902. The van der Waals surface area contributed by atoms with Gasteiger partial charge in [-0.2, -0.15) is 0 Å². The number of aromatic nitrogens is 2. The quantitative estimate of drug-likeness (QED) is 0.710. The number of carbonyl (C=O) groups excluding carboxylic acids is 1. The Hall–Kier alpha value is -2.73. The standard InChI is InChI=1S/C16H17N3.C8H15NO2/c1-11-7-8-17-15(9-11)19-14-6-4-5-13(18-14)12-10-16(12,2)3;1-2-11-8(10)7-3-5-9-6-4-7/h4-10H,1-3H3,(H,17,18,19);7,9H,2-6H2,1H3. The summed E-state index contributed by atoms with van der Waals surface area (Å²) in [6.45, 7) is 10.7. The van der Waals surface area contributed by atoms with Gasteiger partial charge in [-0.3, -0.25) is 4.79 Å². The second-order valence-electron chi connectivity index (χ2n) is 8.31. The van der Waals surface area contributed by atoms with E-state index in [2.05, 4.69) is 46.6 Å². The van der Waals surface area contributed by atoms with Gasteiger partial charge in [0.2, 0.25) is 0 Å². The Morgan fingerprint density at radius 2 is 1.97 bits per heavy atom. The molecule has 160 valence electrons. The van der Waals surface area contributed by atoms with Crippen LogP contribution >= 0.6 is 0 Å². The monoisotopic (exact) mass is 408 g/mol. The molecule has 30 heavy (non-hydrogen) atoms. The molecule has 1 aliphatic heterocycles. The van der Waals surface area contributed by atoms with E-state index in [1.54, 1.807) is 6.20 Å². The first-order valence-electron chi connectivity index (χ1n) is 10.7. The number of ether oxygens (including phenoxy) is 1. The fourth-order valence-corrected chi connectivity index (χ4v) is 3.44. The molecule has 0 saturated carbocycles. The highest BCUT2D eigenvalue weighted by Crippen LogP contribution is 2.49. The number of pyridine rings is 2. The van der Waals surface area contributed by atoms with Crippen LogP contribution in [0, 0.1) is 18.3 Å². The molecular formula is C24H32N4O2. The van der Waals surface area contributed by atoms with Crippen LogP contribution < -0.4 is 10.6 Å². The molecular weight excluding hydrogens is 376 g/mol. The van der Waals surface area contributed by atoms with Crippen molar-refractivity contribution in [1.82, 2.24) is 15.3 Å². The van der Waals surface area contributed by atoms with E-state index in [1.165, 1.54) is 11.1 Å². The fraction of sp³-hybridized carbons (Fsp3) is 0.458. The SMILES string of the molecule is CCOC(=O)C1CCNCC1.Cc1ccnc(Nc2cccc(C3=CC3(C)C)n2)c1. The predicted octanol–water partition coefficient (Wildman–Crippen LogP) is 4.50. The summed E-state index contributed by atoms with van der Waals surface area (Å²) < 4.78 is 4.91. The normalized spacial score (nSPS) is 17.3. The minimum Gasteiger partial charge on any atom is -0.466 e. The van der Waals surface area contributed by atoms with E-state index in [0.717, 1.165) is 43.3 Å². The molecule has 3 heterocycles. The van der Waals surface area contributed by atoms with Gasteiger partial charge >= 0.3 is 5.97 Å². The molecule has 1 fully saturated rings. The average molecular weight is 409 g/mol. The first kappa shape index (κ1) is 22.0. The number of hydrogen-bond acceptors (Lipinski definition) is 6. The molecule has 0 atom stereocenters. The number of esters is 1. The summed E-state index contributed by atoms with van der Waals surface area (Å²) in [7, 11) is 0. The number of nitrogens with zero attached hydrogens (tertiary/aromatic N) is 2. The molecule has 6 heteroatoms. The second kappa shape index (κ2) is 9.85.